The number of rotatable bonds is 10. The zero-order chi connectivity index (χ0) is 38.7. The van der Waals surface area contributed by atoms with Crippen LogP contribution in [0.25, 0.3) is 11.1 Å². The molecule has 6 rings (SSSR count). The second kappa shape index (κ2) is 13.3. The monoisotopic (exact) mass is 769 g/mol. The minimum atomic E-state index is -3.74. The molecule has 0 spiro atoms. The van der Waals surface area contributed by atoms with Gasteiger partial charge in [-0.15, -0.1) is 0 Å². The summed E-state index contributed by atoms with van der Waals surface area (Å²) in [6, 6.07) is 0.739. The highest BCUT2D eigenvalue weighted by atomic mass is 35.5. The van der Waals surface area contributed by atoms with Crippen LogP contribution in [0.15, 0.2) is 63.9 Å². The first-order chi connectivity index (χ1) is 24.7. The summed E-state index contributed by atoms with van der Waals surface area (Å²) >= 11 is 6.32. The lowest BCUT2D eigenvalue weighted by Crippen LogP contribution is -2.48. The number of ether oxygens (including phenoxy) is 1. The summed E-state index contributed by atoms with van der Waals surface area (Å²) in [7, 11) is 0. The fourth-order valence-corrected chi connectivity index (χ4v) is 6.35. The van der Waals surface area contributed by atoms with Crippen LogP contribution in [0.4, 0.5) is 41.2 Å². The lowest BCUT2D eigenvalue weighted by Gasteiger charge is -2.35. The molecule has 3 aliphatic rings. The Balaban J connectivity index is 1.41. The van der Waals surface area contributed by atoms with Crippen molar-refractivity contribution in [3.8, 4) is 11.1 Å². The number of nitrogens with two attached hydrogens (primary N) is 1. The van der Waals surface area contributed by atoms with Crippen LogP contribution < -0.4 is 16.1 Å². The van der Waals surface area contributed by atoms with Crippen molar-refractivity contribution in [2.24, 2.45) is 26.2 Å². The largest absolute Gasteiger partial charge is 0.447 e. The number of hydrogen-bond donors (Lipinski definition) is 2. The molecule has 3 aromatic rings. The van der Waals surface area contributed by atoms with Gasteiger partial charge in [-0.3, -0.25) is 9.69 Å². The Morgan fingerprint density at radius 1 is 1.15 bits per heavy atom. The first kappa shape index (κ1) is 37.6. The van der Waals surface area contributed by atoms with Gasteiger partial charge in [0.25, 0.3) is 11.8 Å². The lowest BCUT2D eigenvalue weighted by atomic mass is 9.75. The molecule has 0 unspecified atom stereocenters. The minimum absolute atomic E-state index is 0.0251. The van der Waals surface area contributed by atoms with Crippen LogP contribution in [0, 0.1) is 11.2 Å². The Kier molecular flexibility index (Phi) is 9.45. The van der Waals surface area contributed by atoms with E-state index in [9.17, 15) is 35.9 Å². The van der Waals surface area contributed by atoms with Gasteiger partial charge in [0.2, 0.25) is 0 Å². The average molecular weight is 770 g/mol. The number of hydrogen-bond acceptors (Lipinski definition) is 9. The zero-order valence-electron chi connectivity index (χ0n) is 28.1. The van der Waals surface area contributed by atoms with Gasteiger partial charge >= 0.3 is 18.7 Å². The number of hydrazone groups is 1. The molecule has 2 amide bonds. The van der Waals surface area contributed by atoms with Crippen LogP contribution in [0.1, 0.15) is 57.3 Å². The number of halogens is 8. The van der Waals surface area contributed by atoms with E-state index in [4.69, 9.17) is 22.1 Å². The molecule has 282 valence electrons. The summed E-state index contributed by atoms with van der Waals surface area (Å²) in [5.74, 6) is -5.30. The van der Waals surface area contributed by atoms with Gasteiger partial charge in [-0.05, 0) is 41.2 Å². The van der Waals surface area contributed by atoms with Crippen LogP contribution in [0.2, 0.25) is 5.02 Å². The fraction of sp³-hybridized carbons (Fsp3) is 0.394. The second-order valence-corrected chi connectivity index (χ2v) is 14.2. The molecule has 12 nitrogen and oxygen atoms in total. The molecule has 1 aromatic heterocycles. The molecular weight excluding hydrogens is 739 g/mol. The molecule has 0 saturated heterocycles. The molecule has 3 heterocycles. The van der Waals surface area contributed by atoms with Crippen molar-refractivity contribution in [3.05, 3.63) is 70.8 Å². The Bertz CT molecular complexity index is 2030. The Hall–Kier alpha value is -5.20. The summed E-state index contributed by atoms with van der Waals surface area (Å²) in [6.45, 7) is 1.64. The standard InChI is InChI=1S/C33H31ClF7N9O3/c1-30(2,3)14-31(19-5-6-20(22(35)9-19)18-11-44-48(12-18)27(36)37)26(51)49(28(42)47-31)24(13-53-29(52)46-25-10-32(25,38)39)17-4-7-21(34)23(8-17)50-33(40,41)15-43-16-45-50/h4-9,11-12,15-16,24-25,27H,10,13-14H2,1-3H3,(H2,42,47)(H,46,52)/t24-,25-,31-/m1/s1. The third-order valence-electron chi connectivity index (χ3n) is 8.60. The summed E-state index contributed by atoms with van der Waals surface area (Å²) in [5, 5.41) is 9.26. The number of carbonyl (C=O) groups excluding carboxylic acids is 2. The molecule has 2 aliphatic heterocycles. The van der Waals surface area contributed by atoms with Crippen molar-refractivity contribution < 1.29 is 45.1 Å². The van der Waals surface area contributed by atoms with Crippen LogP contribution in [0.3, 0.4) is 0 Å². The maximum atomic E-state index is 15.8. The first-order valence-electron chi connectivity index (χ1n) is 15.9. The zero-order valence-corrected chi connectivity index (χ0v) is 28.8. The highest BCUT2D eigenvalue weighted by Crippen LogP contribution is 2.47. The maximum absolute atomic E-state index is 15.8. The van der Waals surface area contributed by atoms with Crippen molar-refractivity contribution in [1.29, 1.82) is 0 Å². The quantitative estimate of drug-likeness (QED) is 0.171. The molecule has 53 heavy (non-hydrogen) atoms. The third kappa shape index (κ3) is 7.38. The van der Waals surface area contributed by atoms with Crippen LogP contribution >= 0.6 is 11.6 Å². The lowest BCUT2D eigenvalue weighted by molar-refractivity contribution is -0.135. The van der Waals surface area contributed by atoms with Crippen molar-refractivity contribution >= 4 is 47.8 Å². The maximum Gasteiger partial charge on any atom is 0.407 e. The number of nitrogens with one attached hydrogen (secondary N) is 1. The number of guanidine groups is 1. The number of aromatic nitrogens is 2. The summed E-state index contributed by atoms with van der Waals surface area (Å²) in [4.78, 5) is 36.3. The van der Waals surface area contributed by atoms with Crippen LogP contribution in [-0.4, -0.2) is 69.8 Å². The number of benzene rings is 2. The number of alkyl carbamates (subject to hydrolysis) is 1. The van der Waals surface area contributed by atoms with Crippen LogP contribution in [-0.2, 0) is 15.1 Å². The van der Waals surface area contributed by atoms with Crippen molar-refractivity contribution in [1.82, 2.24) is 20.0 Å². The Labute approximate surface area is 302 Å². The number of nitrogens with zero attached hydrogens (tertiary/aromatic N) is 7. The van der Waals surface area contributed by atoms with Gasteiger partial charge in [0.05, 0.1) is 29.2 Å². The van der Waals surface area contributed by atoms with E-state index in [-0.39, 0.29) is 44.4 Å². The summed E-state index contributed by atoms with van der Waals surface area (Å²) < 4.78 is 105. The fourth-order valence-electron chi connectivity index (χ4n) is 6.15. The van der Waals surface area contributed by atoms with Gasteiger partial charge in [-0.2, -0.15) is 32.8 Å². The normalized spacial score (nSPS) is 22.3. The van der Waals surface area contributed by atoms with E-state index in [1.807, 2.05) is 5.32 Å². The van der Waals surface area contributed by atoms with E-state index >= 15 is 4.39 Å². The minimum Gasteiger partial charge on any atom is -0.447 e. The number of carbonyl (C=O) groups is 2. The van der Waals surface area contributed by atoms with Crippen molar-refractivity contribution in [3.63, 3.8) is 0 Å². The molecule has 3 N–H and O–H groups in total. The summed E-state index contributed by atoms with van der Waals surface area (Å²) in [6.07, 6.45) is 1.25. The molecule has 2 aromatic carbocycles. The molecule has 1 saturated carbocycles. The van der Waals surface area contributed by atoms with Gasteiger partial charge < -0.3 is 15.8 Å². The summed E-state index contributed by atoms with van der Waals surface area (Å²) in [5.41, 5.74) is 3.49. The van der Waals surface area contributed by atoms with E-state index < -0.39 is 78.4 Å². The van der Waals surface area contributed by atoms with Crippen molar-refractivity contribution in [2.45, 2.75) is 69.8 Å². The van der Waals surface area contributed by atoms with E-state index in [0.717, 1.165) is 35.8 Å². The Morgan fingerprint density at radius 2 is 1.87 bits per heavy atom. The van der Waals surface area contributed by atoms with E-state index in [2.05, 4.69) is 20.2 Å². The Morgan fingerprint density at radius 3 is 2.47 bits per heavy atom. The van der Waals surface area contributed by atoms with E-state index in [1.54, 1.807) is 20.8 Å². The smallest absolute Gasteiger partial charge is 0.407 e. The van der Waals surface area contributed by atoms with E-state index in [1.165, 1.54) is 24.3 Å². The molecular formula is C33H31ClF7N9O3. The number of amides is 2. The molecule has 3 atom stereocenters. The molecule has 20 heteroatoms. The number of anilines is 1. The predicted octanol–water partition coefficient (Wildman–Crippen LogP) is 6.83. The molecule has 1 aliphatic carbocycles. The second-order valence-electron chi connectivity index (χ2n) is 13.8. The number of alkyl halides is 6. The van der Waals surface area contributed by atoms with Gasteiger partial charge in [0.15, 0.2) is 11.5 Å². The third-order valence-corrected chi connectivity index (χ3v) is 8.92. The molecule has 0 radical (unpaired) electrons. The molecule has 0 bridgehead atoms. The highest BCUT2D eigenvalue weighted by molar-refractivity contribution is 6.33. The SMILES string of the molecule is CC(C)(C)C[C@]1(c2ccc(-c3cnn(C(F)F)c3)c(F)c2)N=C(N)N([C@H](COC(=O)N[C@@H]2CC2(F)F)c2ccc(Cl)c(N3N=CN=CC3(F)F)c2)C1=O. The van der Waals surface area contributed by atoms with Gasteiger partial charge in [0.1, 0.15) is 24.8 Å². The van der Waals surface area contributed by atoms with Crippen LogP contribution in [0.5, 0.6) is 0 Å². The van der Waals surface area contributed by atoms with Gasteiger partial charge in [-0.1, -0.05) is 50.6 Å². The first-order valence-corrected chi connectivity index (χ1v) is 16.3. The van der Waals surface area contributed by atoms with Gasteiger partial charge in [-0.25, -0.2) is 32.6 Å². The topological polar surface area (TPSA) is 143 Å². The molecule has 1 fully saturated rings. The average Bonchev–Trinajstić information content (AvgIpc) is 3.33. The number of aliphatic imine (C=N–C) groups is 2. The highest BCUT2D eigenvalue weighted by Gasteiger charge is 2.58. The van der Waals surface area contributed by atoms with Crippen molar-refractivity contribution in [2.75, 3.05) is 11.6 Å². The van der Waals surface area contributed by atoms with E-state index in [0.29, 0.717) is 10.9 Å². The predicted molar refractivity (Wildman–Crippen MR) is 180 cm³/mol. The van der Waals surface area contributed by atoms with Gasteiger partial charge in [0, 0.05) is 23.7 Å².